The highest BCUT2D eigenvalue weighted by Crippen LogP contribution is 2.47. The van der Waals surface area contributed by atoms with Crippen LogP contribution in [0.2, 0.25) is 0 Å². The number of hydrogen-bond acceptors (Lipinski definition) is 1. The monoisotopic (exact) mass is 450 g/mol. The first-order valence-corrected chi connectivity index (χ1v) is 7.79. The molecule has 0 amide bonds. The van der Waals surface area contributed by atoms with Crippen LogP contribution in [0.3, 0.4) is 0 Å². The van der Waals surface area contributed by atoms with Crippen molar-refractivity contribution in [1.29, 1.82) is 0 Å². The lowest BCUT2D eigenvalue weighted by molar-refractivity contribution is 0.671. The van der Waals surface area contributed by atoms with E-state index in [1.165, 1.54) is 22.1 Å². The van der Waals surface area contributed by atoms with E-state index in [2.05, 4.69) is 79.0 Å². The van der Waals surface area contributed by atoms with Gasteiger partial charge in [0.25, 0.3) is 0 Å². The standard InChI is InChI=1S/C13H12I2N2/c14-11-8-16-12(10-4-2-1-3-5-10)17(11)9-13(15)6-7-13/h1-5,8H,6-7,9H2. The van der Waals surface area contributed by atoms with Crippen molar-refractivity contribution < 1.29 is 0 Å². The first kappa shape index (κ1) is 12.0. The van der Waals surface area contributed by atoms with Gasteiger partial charge in [0, 0.05) is 15.5 Å². The molecule has 0 N–H and O–H groups in total. The lowest BCUT2D eigenvalue weighted by Crippen LogP contribution is -2.13. The highest BCUT2D eigenvalue weighted by Gasteiger charge is 2.40. The quantitative estimate of drug-likeness (QED) is 0.509. The third kappa shape index (κ3) is 2.52. The molecule has 88 valence electrons. The van der Waals surface area contributed by atoms with E-state index in [0.717, 1.165) is 12.4 Å². The van der Waals surface area contributed by atoms with Gasteiger partial charge in [0.2, 0.25) is 0 Å². The molecule has 0 spiro atoms. The molecular formula is C13H12I2N2. The summed E-state index contributed by atoms with van der Waals surface area (Å²) in [5, 5.41) is 0. The van der Waals surface area contributed by atoms with Crippen molar-refractivity contribution in [2.45, 2.75) is 22.8 Å². The van der Waals surface area contributed by atoms with Crippen molar-refractivity contribution in [1.82, 2.24) is 9.55 Å². The van der Waals surface area contributed by atoms with Gasteiger partial charge in [-0.15, -0.1) is 0 Å². The summed E-state index contributed by atoms with van der Waals surface area (Å²) < 4.78 is 4.04. The van der Waals surface area contributed by atoms with Gasteiger partial charge >= 0.3 is 0 Å². The van der Waals surface area contributed by atoms with Gasteiger partial charge in [-0.2, -0.15) is 0 Å². The zero-order chi connectivity index (χ0) is 11.9. The normalized spacial score (nSPS) is 17.1. The van der Waals surface area contributed by atoms with Crippen LogP contribution in [-0.4, -0.2) is 13.0 Å². The molecular weight excluding hydrogens is 438 g/mol. The summed E-state index contributed by atoms with van der Waals surface area (Å²) in [5.41, 5.74) is 1.20. The predicted octanol–water partition coefficient (Wildman–Crippen LogP) is 4.12. The fraction of sp³-hybridized carbons (Fsp3) is 0.308. The highest BCUT2D eigenvalue weighted by molar-refractivity contribution is 14.1. The second kappa shape index (κ2) is 4.53. The van der Waals surface area contributed by atoms with E-state index in [0.29, 0.717) is 3.42 Å². The Bertz CT molecular complexity index is 530. The molecule has 1 aliphatic rings. The number of imidazole rings is 1. The van der Waals surface area contributed by atoms with E-state index < -0.39 is 0 Å². The number of rotatable bonds is 3. The molecule has 1 saturated carbocycles. The van der Waals surface area contributed by atoms with Gasteiger partial charge in [-0.25, -0.2) is 4.98 Å². The summed E-state index contributed by atoms with van der Waals surface area (Å²) in [6, 6.07) is 10.4. The molecule has 2 aromatic rings. The number of hydrogen-bond donors (Lipinski definition) is 0. The second-order valence-electron chi connectivity index (χ2n) is 4.51. The molecule has 0 radical (unpaired) electrons. The Balaban J connectivity index is 2.00. The molecule has 0 unspecified atom stereocenters. The Hall–Kier alpha value is -0.110. The summed E-state index contributed by atoms with van der Waals surface area (Å²) in [5.74, 6) is 1.10. The maximum atomic E-state index is 4.55. The number of nitrogens with zero attached hydrogens (tertiary/aromatic N) is 2. The Morgan fingerprint density at radius 2 is 1.94 bits per heavy atom. The Labute approximate surface area is 128 Å². The van der Waals surface area contributed by atoms with Crippen LogP contribution in [0.1, 0.15) is 12.8 Å². The van der Waals surface area contributed by atoms with Crippen molar-refractivity contribution in [2.75, 3.05) is 0 Å². The van der Waals surface area contributed by atoms with Crippen molar-refractivity contribution in [2.24, 2.45) is 0 Å². The summed E-state index contributed by atoms with van der Waals surface area (Å²) in [6.07, 6.45) is 4.62. The molecule has 0 atom stereocenters. The number of aromatic nitrogens is 2. The van der Waals surface area contributed by atoms with Crippen LogP contribution in [-0.2, 0) is 6.54 Å². The fourth-order valence-corrected chi connectivity index (χ4v) is 3.05. The summed E-state index contributed by atoms with van der Waals surface area (Å²) in [4.78, 5) is 4.55. The predicted molar refractivity (Wildman–Crippen MR) is 86.4 cm³/mol. The maximum absolute atomic E-state index is 4.55. The first-order valence-electron chi connectivity index (χ1n) is 5.63. The van der Waals surface area contributed by atoms with Gasteiger partial charge in [0.1, 0.15) is 9.53 Å². The van der Waals surface area contributed by atoms with Gasteiger partial charge in [0.05, 0.1) is 6.20 Å². The number of benzene rings is 1. The molecule has 1 heterocycles. The SMILES string of the molecule is Ic1cnc(-c2ccccc2)n1CC1(I)CC1. The van der Waals surface area contributed by atoms with Gasteiger partial charge in [-0.05, 0) is 35.4 Å². The molecule has 1 aromatic carbocycles. The lowest BCUT2D eigenvalue weighted by atomic mass is 10.2. The van der Waals surface area contributed by atoms with Crippen LogP contribution in [0.25, 0.3) is 11.4 Å². The molecule has 4 heteroatoms. The molecule has 3 rings (SSSR count). The van der Waals surface area contributed by atoms with Crippen LogP contribution >= 0.6 is 45.2 Å². The highest BCUT2D eigenvalue weighted by atomic mass is 127. The third-order valence-electron chi connectivity index (χ3n) is 3.07. The van der Waals surface area contributed by atoms with Crippen LogP contribution in [0, 0.1) is 3.70 Å². The minimum atomic E-state index is 0.474. The van der Waals surface area contributed by atoms with E-state index in [-0.39, 0.29) is 0 Å². The van der Waals surface area contributed by atoms with E-state index in [1.807, 2.05) is 12.3 Å². The van der Waals surface area contributed by atoms with E-state index in [1.54, 1.807) is 0 Å². The van der Waals surface area contributed by atoms with E-state index in [9.17, 15) is 0 Å². The topological polar surface area (TPSA) is 17.8 Å². The van der Waals surface area contributed by atoms with Crippen LogP contribution < -0.4 is 0 Å². The lowest BCUT2D eigenvalue weighted by Gasteiger charge is -2.12. The molecule has 0 aliphatic heterocycles. The molecule has 0 saturated heterocycles. The summed E-state index contributed by atoms with van der Waals surface area (Å²) in [6.45, 7) is 1.08. The van der Waals surface area contributed by atoms with Crippen molar-refractivity contribution >= 4 is 45.2 Å². The van der Waals surface area contributed by atoms with Crippen LogP contribution in [0.5, 0.6) is 0 Å². The van der Waals surface area contributed by atoms with Crippen molar-refractivity contribution in [3.63, 3.8) is 0 Å². The Kier molecular flexibility index (Phi) is 3.18. The maximum Gasteiger partial charge on any atom is 0.140 e. The van der Waals surface area contributed by atoms with E-state index >= 15 is 0 Å². The first-order chi connectivity index (χ1) is 8.18. The van der Waals surface area contributed by atoms with Gasteiger partial charge in [-0.1, -0.05) is 52.9 Å². The summed E-state index contributed by atoms with van der Waals surface area (Å²) >= 11 is 4.96. The minimum Gasteiger partial charge on any atom is -0.318 e. The zero-order valence-electron chi connectivity index (χ0n) is 9.24. The van der Waals surface area contributed by atoms with Crippen molar-refractivity contribution in [3.8, 4) is 11.4 Å². The van der Waals surface area contributed by atoms with Crippen LogP contribution in [0.15, 0.2) is 36.5 Å². The Morgan fingerprint density at radius 1 is 1.24 bits per heavy atom. The van der Waals surface area contributed by atoms with E-state index in [4.69, 9.17) is 0 Å². The van der Waals surface area contributed by atoms with Gasteiger partial charge in [0.15, 0.2) is 0 Å². The molecule has 1 aliphatic carbocycles. The van der Waals surface area contributed by atoms with Gasteiger partial charge < -0.3 is 4.57 Å². The molecule has 0 bridgehead atoms. The Morgan fingerprint density at radius 3 is 2.59 bits per heavy atom. The zero-order valence-corrected chi connectivity index (χ0v) is 13.6. The smallest absolute Gasteiger partial charge is 0.140 e. The average Bonchev–Trinajstić information content (AvgIpc) is 2.96. The largest absolute Gasteiger partial charge is 0.318 e. The average molecular weight is 450 g/mol. The fourth-order valence-electron chi connectivity index (χ4n) is 1.90. The van der Waals surface area contributed by atoms with Crippen LogP contribution in [0.4, 0.5) is 0 Å². The number of halogens is 2. The summed E-state index contributed by atoms with van der Waals surface area (Å²) in [7, 11) is 0. The van der Waals surface area contributed by atoms with Crippen molar-refractivity contribution in [3.05, 3.63) is 40.2 Å². The second-order valence-corrected chi connectivity index (χ2v) is 7.90. The third-order valence-corrected chi connectivity index (χ3v) is 5.35. The molecule has 1 fully saturated rings. The van der Waals surface area contributed by atoms with Gasteiger partial charge in [-0.3, -0.25) is 0 Å². The molecule has 2 nitrogen and oxygen atoms in total. The molecule has 17 heavy (non-hydrogen) atoms. The minimum absolute atomic E-state index is 0.474. The molecule has 1 aromatic heterocycles. The number of alkyl halides is 1.